The minimum absolute atomic E-state index is 0.0183. The summed E-state index contributed by atoms with van der Waals surface area (Å²) in [6.07, 6.45) is 37.5. The van der Waals surface area contributed by atoms with Crippen LogP contribution >= 0.6 is 0 Å². The maximum atomic E-state index is 13.6. The number of hydrogen-bond donors (Lipinski definition) is 0. The molecule has 0 N–H and O–H groups in total. The highest BCUT2D eigenvalue weighted by molar-refractivity contribution is 5.77. The Labute approximate surface area is 273 Å². The normalized spacial score (nSPS) is 23.2. The fourth-order valence-corrected chi connectivity index (χ4v) is 8.57. The van der Waals surface area contributed by atoms with E-state index in [2.05, 4.69) is 13.8 Å². The molecule has 0 amide bonds. The van der Waals surface area contributed by atoms with E-state index >= 15 is 0 Å². The number of hydrogen-bond acceptors (Lipinski definition) is 4. The fraction of sp³-hybridized carbons (Fsp3) is 0.950. The Balaban J connectivity index is 1.45. The second-order valence-corrected chi connectivity index (χ2v) is 15.3. The first kappa shape index (κ1) is 37.4. The van der Waals surface area contributed by atoms with Crippen LogP contribution in [0.25, 0.3) is 0 Å². The Morgan fingerprint density at radius 1 is 0.477 bits per heavy atom. The minimum atomic E-state index is -0.257. The molecule has 3 aliphatic carbocycles. The van der Waals surface area contributed by atoms with Crippen molar-refractivity contribution in [1.29, 1.82) is 0 Å². The molecular weight excluding hydrogens is 544 g/mol. The van der Waals surface area contributed by atoms with E-state index in [1.165, 1.54) is 141 Å². The van der Waals surface area contributed by atoms with Gasteiger partial charge in [0, 0.05) is 0 Å². The summed E-state index contributed by atoms with van der Waals surface area (Å²) in [6.45, 7) is 4.55. The molecule has 3 rings (SSSR count). The van der Waals surface area contributed by atoms with Gasteiger partial charge in [0.05, 0.1) is 11.8 Å². The molecule has 3 fully saturated rings. The van der Waals surface area contributed by atoms with Crippen LogP contribution in [-0.2, 0) is 19.1 Å². The Kier molecular flexibility index (Phi) is 18.4. The van der Waals surface area contributed by atoms with Crippen LogP contribution in [0.15, 0.2) is 0 Å². The summed E-state index contributed by atoms with van der Waals surface area (Å²) in [7, 11) is 0. The van der Waals surface area contributed by atoms with Gasteiger partial charge in [0.25, 0.3) is 0 Å². The SMILES string of the molecule is CCCCCCCCCCC1(OC(=O)C2CCCC(C(=O)OC3(CCCCCCCCCC)CCCCC3)C2)CCCCC1. The van der Waals surface area contributed by atoms with Gasteiger partial charge < -0.3 is 9.47 Å². The van der Waals surface area contributed by atoms with Gasteiger partial charge in [-0.05, 0) is 96.3 Å². The molecular formula is C40H72O4. The molecule has 0 heterocycles. The Morgan fingerprint density at radius 2 is 0.818 bits per heavy atom. The first-order valence-electron chi connectivity index (χ1n) is 20.0. The number of unbranched alkanes of at least 4 members (excludes halogenated alkanes) is 14. The molecule has 0 aromatic heterocycles. The predicted molar refractivity (Wildman–Crippen MR) is 184 cm³/mol. The molecule has 4 nitrogen and oxygen atoms in total. The molecule has 256 valence electrons. The average molecular weight is 617 g/mol. The van der Waals surface area contributed by atoms with Crippen molar-refractivity contribution in [3.8, 4) is 0 Å². The molecule has 4 heteroatoms. The van der Waals surface area contributed by atoms with Gasteiger partial charge in [-0.15, -0.1) is 0 Å². The lowest BCUT2D eigenvalue weighted by Gasteiger charge is -2.40. The first-order valence-corrected chi connectivity index (χ1v) is 20.0. The lowest BCUT2D eigenvalue weighted by Crippen LogP contribution is -2.42. The van der Waals surface area contributed by atoms with Crippen molar-refractivity contribution in [2.75, 3.05) is 0 Å². The van der Waals surface area contributed by atoms with E-state index in [0.29, 0.717) is 6.42 Å². The molecule has 0 saturated heterocycles. The van der Waals surface area contributed by atoms with Crippen LogP contribution < -0.4 is 0 Å². The summed E-state index contributed by atoms with van der Waals surface area (Å²) in [5.41, 5.74) is -0.514. The minimum Gasteiger partial charge on any atom is -0.459 e. The molecule has 2 atom stereocenters. The van der Waals surface area contributed by atoms with Gasteiger partial charge >= 0.3 is 11.9 Å². The predicted octanol–water partition coefficient (Wildman–Crippen LogP) is 12.3. The lowest BCUT2D eigenvalue weighted by atomic mass is 9.78. The van der Waals surface area contributed by atoms with E-state index < -0.39 is 0 Å². The van der Waals surface area contributed by atoms with Crippen molar-refractivity contribution in [3.05, 3.63) is 0 Å². The van der Waals surface area contributed by atoms with Crippen LogP contribution in [-0.4, -0.2) is 23.1 Å². The third kappa shape index (κ3) is 13.7. The smallest absolute Gasteiger partial charge is 0.309 e. The van der Waals surface area contributed by atoms with E-state index in [4.69, 9.17) is 9.47 Å². The van der Waals surface area contributed by atoms with Gasteiger partial charge in [0.2, 0.25) is 0 Å². The van der Waals surface area contributed by atoms with E-state index in [1.807, 2.05) is 0 Å². The third-order valence-electron chi connectivity index (χ3n) is 11.5. The summed E-state index contributed by atoms with van der Waals surface area (Å²) in [5, 5.41) is 0. The lowest BCUT2D eigenvalue weighted by molar-refractivity contribution is -0.176. The Bertz CT molecular complexity index is 701. The van der Waals surface area contributed by atoms with Crippen LogP contribution in [0.3, 0.4) is 0 Å². The monoisotopic (exact) mass is 617 g/mol. The van der Waals surface area contributed by atoms with Crippen molar-refractivity contribution >= 4 is 11.9 Å². The molecule has 0 radical (unpaired) electrons. The molecule has 0 bridgehead atoms. The van der Waals surface area contributed by atoms with Crippen LogP contribution in [0.5, 0.6) is 0 Å². The molecule has 0 spiro atoms. The molecule has 2 unspecified atom stereocenters. The largest absolute Gasteiger partial charge is 0.459 e. The molecule has 44 heavy (non-hydrogen) atoms. The highest BCUT2D eigenvalue weighted by atomic mass is 16.6. The van der Waals surface area contributed by atoms with Gasteiger partial charge in [-0.3, -0.25) is 9.59 Å². The van der Waals surface area contributed by atoms with E-state index in [9.17, 15) is 9.59 Å². The van der Waals surface area contributed by atoms with Crippen molar-refractivity contribution in [1.82, 2.24) is 0 Å². The van der Waals surface area contributed by atoms with Crippen molar-refractivity contribution in [2.45, 2.75) is 231 Å². The van der Waals surface area contributed by atoms with E-state index in [0.717, 1.165) is 57.8 Å². The maximum absolute atomic E-state index is 13.6. The van der Waals surface area contributed by atoms with Gasteiger partial charge in [-0.2, -0.15) is 0 Å². The molecule has 3 aliphatic rings. The first-order chi connectivity index (χ1) is 21.5. The zero-order chi connectivity index (χ0) is 31.4. The summed E-state index contributed by atoms with van der Waals surface area (Å²) in [5.74, 6) is -0.326. The fourth-order valence-electron chi connectivity index (χ4n) is 8.57. The third-order valence-corrected chi connectivity index (χ3v) is 11.5. The molecule has 0 aliphatic heterocycles. The van der Waals surface area contributed by atoms with Gasteiger partial charge in [-0.1, -0.05) is 123 Å². The number of esters is 2. The second-order valence-electron chi connectivity index (χ2n) is 15.3. The van der Waals surface area contributed by atoms with Crippen LogP contribution in [0, 0.1) is 11.8 Å². The summed E-state index contributed by atoms with van der Waals surface area (Å²) in [4.78, 5) is 27.3. The second kappa shape index (κ2) is 21.7. The van der Waals surface area contributed by atoms with Gasteiger partial charge in [0.15, 0.2) is 0 Å². The molecule has 0 aromatic carbocycles. The average Bonchev–Trinajstić information content (AvgIpc) is 3.04. The van der Waals surface area contributed by atoms with E-state index in [1.54, 1.807) is 0 Å². The Morgan fingerprint density at radius 3 is 1.18 bits per heavy atom. The maximum Gasteiger partial charge on any atom is 0.309 e. The summed E-state index contributed by atoms with van der Waals surface area (Å²) >= 11 is 0. The number of carbonyl (C=O) groups is 2. The molecule has 3 saturated carbocycles. The topological polar surface area (TPSA) is 52.6 Å². The van der Waals surface area contributed by atoms with Gasteiger partial charge in [0.1, 0.15) is 11.2 Å². The van der Waals surface area contributed by atoms with E-state index in [-0.39, 0.29) is 35.0 Å². The standard InChI is InChI=1S/C40H72O4/c1-3-5-7-9-11-13-15-19-28-39(30-21-17-22-31-39)43-37(41)35-26-25-27-36(34-35)38(42)44-40(32-23-18-24-33-40)29-20-16-14-12-10-8-6-4-2/h35-36H,3-34H2,1-2H3. The number of ether oxygens (including phenoxy) is 2. The van der Waals surface area contributed by atoms with Crippen molar-refractivity contribution in [2.24, 2.45) is 11.8 Å². The van der Waals surface area contributed by atoms with Crippen molar-refractivity contribution < 1.29 is 19.1 Å². The molecule has 0 aromatic rings. The summed E-state index contributed by atoms with van der Waals surface area (Å²) < 4.78 is 13.0. The van der Waals surface area contributed by atoms with Crippen molar-refractivity contribution in [3.63, 3.8) is 0 Å². The highest BCUT2D eigenvalue weighted by Gasteiger charge is 2.42. The zero-order valence-corrected chi connectivity index (χ0v) is 29.4. The summed E-state index contributed by atoms with van der Waals surface area (Å²) in [6, 6.07) is 0. The highest BCUT2D eigenvalue weighted by Crippen LogP contribution is 2.41. The number of carbonyl (C=O) groups excluding carboxylic acids is 2. The number of rotatable bonds is 22. The quantitative estimate of drug-likeness (QED) is 0.0897. The Hall–Kier alpha value is -1.06. The van der Waals surface area contributed by atoms with Crippen LogP contribution in [0.4, 0.5) is 0 Å². The van der Waals surface area contributed by atoms with Crippen LogP contribution in [0.1, 0.15) is 219 Å². The zero-order valence-electron chi connectivity index (χ0n) is 29.4. The van der Waals surface area contributed by atoms with Gasteiger partial charge in [-0.25, -0.2) is 0 Å². The van der Waals surface area contributed by atoms with Crippen LogP contribution in [0.2, 0.25) is 0 Å².